The summed E-state index contributed by atoms with van der Waals surface area (Å²) in [6, 6.07) is 1.75. The lowest BCUT2D eigenvalue weighted by molar-refractivity contribution is 0.102. The minimum absolute atomic E-state index is 0.218. The van der Waals surface area contributed by atoms with Gasteiger partial charge >= 0.3 is 0 Å². The fourth-order valence-electron chi connectivity index (χ4n) is 1.48. The van der Waals surface area contributed by atoms with Gasteiger partial charge in [0.05, 0.1) is 17.6 Å². The van der Waals surface area contributed by atoms with E-state index in [-0.39, 0.29) is 5.91 Å². The minimum atomic E-state index is -0.218. The molecule has 0 fully saturated rings. The molecule has 1 amide bonds. The molecular weight excluding hydrogens is 218 g/mol. The van der Waals surface area contributed by atoms with Crippen molar-refractivity contribution in [3.63, 3.8) is 0 Å². The van der Waals surface area contributed by atoms with E-state index in [0.29, 0.717) is 11.4 Å². The van der Waals surface area contributed by atoms with Crippen molar-refractivity contribution in [2.75, 3.05) is 5.32 Å². The zero-order valence-electron chi connectivity index (χ0n) is 10.4. The first kappa shape index (κ1) is 11.4. The van der Waals surface area contributed by atoms with Crippen molar-refractivity contribution in [3.05, 3.63) is 29.3 Å². The number of nitrogens with zero attached hydrogens (tertiary/aromatic N) is 4. The van der Waals surface area contributed by atoms with Crippen LogP contribution in [0.2, 0.25) is 0 Å². The number of hydrogen-bond acceptors (Lipinski definition) is 3. The van der Waals surface area contributed by atoms with Crippen LogP contribution >= 0.6 is 0 Å². The standard InChI is InChI=1S/C11H15N5O/c1-7-5-9(14-15(7)3)11(17)13-10-6-12-16(4)8(10)2/h5-6H,1-4H3,(H,13,17). The predicted octanol–water partition coefficient (Wildman–Crippen LogP) is 1.02. The Bertz CT molecular complexity index is 547. The zero-order valence-corrected chi connectivity index (χ0v) is 10.4. The zero-order chi connectivity index (χ0) is 12.6. The molecule has 90 valence electrons. The van der Waals surface area contributed by atoms with Crippen LogP contribution in [-0.4, -0.2) is 25.5 Å². The summed E-state index contributed by atoms with van der Waals surface area (Å²) in [4.78, 5) is 11.9. The van der Waals surface area contributed by atoms with E-state index >= 15 is 0 Å². The molecule has 0 aliphatic heterocycles. The van der Waals surface area contributed by atoms with Crippen LogP contribution in [0.5, 0.6) is 0 Å². The van der Waals surface area contributed by atoms with Crippen LogP contribution in [0.1, 0.15) is 21.9 Å². The van der Waals surface area contributed by atoms with Crippen molar-refractivity contribution in [2.45, 2.75) is 13.8 Å². The van der Waals surface area contributed by atoms with E-state index in [1.54, 1.807) is 28.7 Å². The average Bonchev–Trinajstić information content (AvgIpc) is 2.77. The molecule has 6 heteroatoms. The fraction of sp³-hybridized carbons (Fsp3) is 0.364. The molecule has 2 aromatic heterocycles. The number of carbonyl (C=O) groups excluding carboxylic acids is 1. The molecule has 0 unspecified atom stereocenters. The Labute approximate surface area is 99.2 Å². The summed E-state index contributed by atoms with van der Waals surface area (Å²) in [6.07, 6.45) is 1.63. The Morgan fingerprint density at radius 3 is 2.47 bits per heavy atom. The third kappa shape index (κ3) is 2.06. The van der Waals surface area contributed by atoms with Crippen LogP contribution in [0, 0.1) is 13.8 Å². The minimum Gasteiger partial charge on any atom is -0.318 e. The van der Waals surface area contributed by atoms with Crippen molar-refractivity contribution in [1.29, 1.82) is 0 Å². The second-order valence-electron chi connectivity index (χ2n) is 4.02. The van der Waals surface area contributed by atoms with E-state index in [9.17, 15) is 4.79 Å². The molecule has 2 heterocycles. The van der Waals surface area contributed by atoms with Gasteiger partial charge in [-0.2, -0.15) is 10.2 Å². The Balaban J connectivity index is 2.20. The number of aryl methyl sites for hydroxylation is 3. The SMILES string of the molecule is Cc1cc(C(=O)Nc2cnn(C)c2C)nn1C. The smallest absolute Gasteiger partial charge is 0.276 e. The molecule has 0 aliphatic carbocycles. The molecule has 1 N–H and O–H groups in total. The van der Waals surface area contributed by atoms with Crippen LogP contribution in [0.25, 0.3) is 0 Å². The molecule has 0 aromatic carbocycles. The van der Waals surface area contributed by atoms with Crippen LogP contribution < -0.4 is 5.32 Å². The second kappa shape index (κ2) is 4.04. The molecule has 6 nitrogen and oxygen atoms in total. The third-order valence-electron chi connectivity index (χ3n) is 2.83. The second-order valence-corrected chi connectivity index (χ2v) is 4.02. The molecule has 17 heavy (non-hydrogen) atoms. The van der Waals surface area contributed by atoms with Gasteiger partial charge in [0.2, 0.25) is 0 Å². The summed E-state index contributed by atoms with van der Waals surface area (Å²) in [5.41, 5.74) is 2.97. The maximum Gasteiger partial charge on any atom is 0.276 e. The molecule has 2 aromatic rings. The Morgan fingerprint density at radius 2 is 2.00 bits per heavy atom. The maximum absolute atomic E-state index is 11.9. The first-order valence-corrected chi connectivity index (χ1v) is 5.29. The Hall–Kier alpha value is -2.11. The number of nitrogens with one attached hydrogen (secondary N) is 1. The van der Waals surface area contributed by atoms with Crippen molar-refractivity contribution >= 4 is 11.6 Å². The molecule has 0 atom stereocenters. The quantitative estimate of drug-likeness (QED) is 0.842. The molecule has 0 saturated heterocycles. The van der Waals surface area contributed by atoms with Gasteiger partial charge in [-0.25, -0.2) is 0 Å². The average molecular weight is 233 g/mol. The number of carbonyl (C=O) groups is 1. The van der Waals surface area contributed by atoms with E-state index in [1.165, 1.54) is 0 Å². The van der Waals surface area contributed by atoms with E-state index in [1.807, 2.05) is 20.9 Å². The number of amides is 1. The highest BCUT2D eigenvalue weighted by Gasteiger charge is 2.13. The number of aromatic nitrogens is 4. The van der Waals surface area contributed by atoms with Crippen LogP contribution in [0.3, 0.4) is 0 Å². The van der Waals surface area contributed by atoms with Crippen molar-refractivity contribution < 1.29 is 4.79 Å². The molecule has 0 saturated carbocycles. The number of hydrogen-bond donors (Lipinski definition) is 1. The van der Waals surface area contributed by atoms with Crippen molar-refractivity contribution in [1.82, 2.24) is 19.6 Å². The van der Waals surface area contributed by atoms with E-state index in [0.717, 1.165) is 11.4 Å². The van der Waals surface area contributed by atoms with Crippen LogP contribution in [-0.2, 0) is 14.1 Å². The summed E-state index contributed by atoms with van der Waals surface area (Å²) >= 11 is 0. The first-order chi connectivity index (χ1) is 7.99. The predicted molar refractivity (Wildman–Crippen MR) is 63.8 cm³/mol. The van der Waals surface area contributed by atoms with Gasteiger partial charge < -0.3 is 5.32 Å². The maximum atomic E-state index is 11.9. The van der Waals surface area contributed by atoms with Gasteiger partial charge in [-0.1, -0.05) is 0 Å². The van der Waals surface area contributed by atoms with Crippen LogP contribution in [0.15, 0.2) is 12.3 Å². The van der Waals surface area contributed by atoms with Gasteiger partial charge in [0, 0.05) is 19.8 Å². The lowest BCUT2D eigenvalue weighted by atomic mass is 10.3. The summed E-state index contributed by atoms with van der Waals surface area (Å²) in [7, 11) is 3.64. The lowest BCUT2D eigenvalue weighted by Crippen LogP contribution is -2.13. The molecule has 0 aliphatic rings. The normalized spacial score (nSPS) is 10.6. The van der Waals surface area contributed by atoms with Gasteiger partial charge in [-0.15, -0.1) is 0 Å². The van der Waals surface area contributed by atoms with E-state index in [2.05, 4.69) is 15.5 Å². The Kier molecular flexibility index (Phi) is 2.71. The molecular formula is C11H15N5O. The highest BCUT2D eigenvalue weighted by molar-refractivity contribution is 6.03. The van der Waals surface area contributed by atoms with Crippen molar-refractivity contribution in [2.24, 2.45) is 14.1 Å². The van der Waals surface area contributed by atoms with Gasteiger partial charge in [-0.3, -0.25) is 14.2 Å². The first-order valence-electron chi connectivity index (χ1n) is 5.29. The number of rotatable bonds is 2. The summed E-state index contributed by atoms with van der Waals surface area (Å²) in [5.74, 6) is -0.218. The Morgan fingerprint density at radius 1 is 1.29 bits per heavy atom. The van der Waals surface area contributed by atoms with Gasteiger partial charge in [-0.05, 0) is 19.9 Å². The molecule has 0 spiro atoms. The van der Waals surface area contributed by atoms with E-state index in [4.69, 9.17) is 0 Å². The fourth-order valence-corrected chi connectivity index (χ4v) is 1.48. The summed E-state index contributed by atoms with van der Waals surface area (Å²) < 4.78 is 3.38. The summed E-state index contributed by atoms with van der Waals surface area (Å²) in [6.45, 7) is 3.80. The van der Waals surface area contributed by atoms with Gasteiger partial charge in [0.25, 0.3) is 5.91 Å². The highest BCUT2D eigenvalue weighted by Crippen LogP contribution is 2.13. The largest absolute Gasteiger partial charge is 0.318 e. The lowest BCUT2D eigenvalue weighted by Gasteiger charge is -2.01. The van der Waals surface area contributed by atoms with Crippen LogP contribution in [0.4, 0.5) is 5.69 Å². The van der Waals surface area contributed by atoms with Gasteiger partial charge in [0.15, 0.2) is 5.69 Å². The third-order valence-corrected chi connectivity index (χ3v) is 2.83. The number of anilines is 1. The summed E-state index contributed by atoms with van der Waals surface area (Å²) in [5, 5.41) is 11.0. The van der Waals surface area contributed by atoms with Gasteiger partial charge in [0.1, 0.15) is 0 Å². The van der Waals surface area contributed by atoms with Crippen molar-refractivity contribution in [3.8, 4) is 0 Å². The topological polar surface area (TPSA) is 64.7 Å². The monoisotopic (exact) mass is 233 g/mol. The molecule has 0 bridgehead atoms. The highest BCUT2D eigenvalue weighted by atomic mass is 16.2. The molecule has 0 radical (unpaired) electrons. The van der Waals surface area contributed by atoms with E-state index < -0.39 is 0 Å². The molecule has 2 rings (SSSR count).